The fourth-order valence-corrected chi connectivity index (χ4v) is 3.97. The van der Waals surface area contributed by atoms with Crippen LogP contribution in [0.3, 0.4) is 0 Å². The van der Waals surface area contributed by atoms with Gasteiger partial charge in [-0.2, -0.15) is 61.5 Å². The SMILES string of the molecule is Bc1c(F)c(F)c(F)c2c(C(F)(F)C(F)(F)C(F)(F)F)c3c(F)c(F)c(F)c(F)c3c(C(F)(F)C(F)(F)C(F)(F)F)c12. The summed E-state index contributed by atoms with van der Waals surface area (Å²) in [5, 5.41) is -13.5. The minimum atomic E-state index is -7.71. The van der Waals surface area contributed by atoms with Gasteiger partial charge in [0.1, 0.15) is 7.85 Å². The Morgan fingerprint density at radius 1 is 0.333 bits per heavy atom. The number of rotatable bonds is 4. The molecule has 0 nitrogen and oxygen atoms in total. The zero-order valence-corrected chi connectivity index (χ0v) is 18.9. The van der Waals surface area contributed by atoms with Crippen LogP contribution in [-0.4, -0.2) is 32.0 Å². The van der Waals surface area contributed by atoms with Crippen LogP contribution in [0, 0.1) is 40.7 Å². The minimum absolute atomic E-state index is 0.269. The molecule has 0 saturated carbocycles. The summed E-state index contributed by atoms with van der Waals surface area (Å²) in [7, 11) is -0.269. The van der Waals surface area contributed by atoms with Crippen LogP contribution >= 0.6 is 0 Å². The van der Waals surface area contributed by atoms with E-state index in [4.69, 9.17) is 0 Å². The monoisotopic (exact) mass is 652 g/mol. The molecule has 0 spiro atoms. The Morgan fingerprint density at radius 2 is 0.571 bits per heavy atom. The van der Waals surface area contributed by atoms with E-state index < -0.39 is 115 Å². The lowest BCUT2D eigenvalue weighted by molar-refractivity contribution is -0.359. The first kappa shape index (κ1) is 33.3. The summed E-state index contributed by atoms with van der Waals surface area (Å²) in [6.45, 7) is 0. The second-order valence-electron chi connectivity index (χ2n) is 8.37. The van der Waals surface area contributed by atoms with E-state index in [1.807, 2.05) is 0 Å². The summed E-state index contributed by atoms with van der Waals surface area (Å²) in [6, 6.07) is 0. The third kappa shape index (κ3) is 3.98. The lowest BCUT2D eigenvalue weighted by Gasteiger charge is -2.34. The summed E-state index contributed by atoms with van der Waals surface area (Å²) >= 11 is 0. The third-order valence-electron chi connectivity index (χ3n) is 5.95. The van der Waals surface area contributed by atoms with Crippen LogP contribution < -0.4 is 5.46 Å². The highest BCUT2D eigenvalue weighted by Gasteiger charge is 2.76. The maximum absolute atomic E-state index is 15.0. The zero-order valence-electron chi connectivity index (χ0n) is 18.9. The molecule has 42 heavy (non-hydrogen) atoms. The summed E-state index contributed by atoms with van der Waals surface area (Å²) in [5.41, 5.74) is -10.0. The summed E-state index contributed by atoms with van der Waals surface area (Å²) in [6.07, 6.45) is -15.1. The first-order valence-corrected chi connectivity index (χ1v) is 9.97. The summed E-state index contributed by atoms with van der Waals surface area (Å²) in [4.78, 5) is 0. The van der Waals surface area contributed by atoms with Crippen molar-refractivity contribution in [1.82, 2.24) is 0 Å². The Hall–Kier alpha value is -3.23. The predicted octanol–water partition coefficient (Wildman–Crippen LogP) is 7.80. The average molecular weight is 652 g/mol. The number of fused-ring (bicyclic) bond motifs is 2. The first-order valence-electron chi connectivity index (χ1n) is 9.97. The standard InChI is InChI=1S/C20H2BF21/c21-7-1-2(8(22)12(26)11(7)25)6(16(31,32)18(35,36)20(40,41)42)4-3(9(23)13(27)14(28)10(4)24)5(1)15(29,30)17(33,34)19(37,38)39/h21H2. The predicted molar refractivity (Wildman–Crippen MR) is 99.1 cm³/mol. The smallest absolute Gasteiger partial charge is 0.204 e. The van der Waals surface area contributed by atoms with Crippen LogP contribution in [0.4, 0.5) is 92.2 Å². The van der Waals surface area contributed by atoms with E-state index in [-0.39, 0.29) is 7.85 Å². The van der Waals surface area contributed by atoms with Gasteiger partial charge in [-0.25, -0.2) is 30.7 Å². The van der Waals surface area contributed by atoms with Crippen molar-refractivity contribution in [3.05, 3.63) is 51.8 Å². The van der Waals surface area contributed by atoms with Gasteiger partial charge in [-0.3, -0.25) is 0 Å². The van der Waals surface area contributed by atoms with Gasteiger partial charge in [-0.05, 0) is 10.8 Å². The number of hydrogen-bond acceptors (Lipinski definition) is 0. The van der Waals surface area contributed by atoms with Gasteiger partial charge >= 0.3 is 36.0 Å². The van der Waals surface area contributed by atoms with Gasteiger partial charge in [0.05, 0.1) is 0 Å². The molecule has 0 aliphatic rings. The summed E-state index contributed by atoms with van der Waals surface area (Å²) in [5.74, 6) is -54.6. The molecule has 0 amide bonds. The number of hydrogen-bond donors (Lipinski definition) is 0. The molecule has 0 saturated heterocycles. The van der Waals surface area contributed by atoms with Gasteiger partial charge in [0, 0.05) is 27.3 Å². The lowest BCUT2D eigenvalue weighted by atomic mass is 9.77. The van der Waals surface area contributed by atoms with Crippen molar-refractivity contribution in [1.29, 1.82) is 0 Å². The highest BCUT2D eigenvalue weighted by Crippen LogP contribution is 2.60. The van der Waals surface area contributed by atoms with E-state index in [1.165, 1.54) is 0 Å². The Balaban J connectivity index is 3.03. The van der Waals surface area contributed by atoms with Gasteiger partial charge in [-0.1, -0.05) is 0 Å². The highest BCUT2D eigenvalue weighted by molar-refractivity contribution is 6.40. The van der Waals surface area contributed by atoms with Crippen molar-refractivity contribution in [3.8, 4) is 0 Å². The molecule has 0 aromatic heterocycles. The molecular weight excluding hydrogens is 650 g/mol. The normalized spacial score (nSPS) is 14.4. The molecule has 0 bridgehead atoms. The van der Waals surface area contributed by atoms with Crippen LogP contribution in [0.15, 0.2) is 0 Å². The molecule has 0 aliphatic carbocycles. The van der Waals surface area contributed by atoms with E-state index in [9.17, 15) is 92.2 Å². The molecule has 0 radical (unpaired) electrons. The molecule has 232 valence electrons. The van der Waals surface area contributed by atoms with Crippen molar-refractivity contribution >= 4 is 34.9 Å². The van der Waals surface area contributed by atoms with Crippen LogP contribution in [-0.2, 0) is 11.8 Å². The van der Waals surface area contributed by atoms with E-state index in [1.54, 1.807) is 0 Å². The maximum Gasteiger partial charge on any atom is 0.460 e. The van der Waals surface area contributed by atoms with Crippen molar-refractivity contribution in [2.45, 2.75) is 36.0 Å². The zero-order chi connectivity index (χ0) is 33.1. The second-order valence-corrected chi connectivity index (χ2v) is 8.37. The first-order chi connectivity index (χ1) is 18.5. The van der Waals surface area contributed by atoms with E-state index in [0.29, 0.717) is 0 Å². The lowest BCUT2D eigenvalue weighted by Crippen LogP contribution is -2.51. The summed E-state index contributed by atoms with van der Waals surface area (Å²) < 4.78 is 294. The molecule has 0 fully saturated rings. The Morgan fingerprint density at radius 3 is 0.857 bits per heavy atom. The van der Waals surface area contributed by atoms with Crippen LogP contribution in [0.1, 0.15) is 11.1 Å². The van der Waals surface area contributed by atoms with Gasteiger partial charge in [-0.15, -0.1) is 0 Å². The van der Waals surface area contributed by atoms with Crippen LogP contribution in [0.5, 0.6) is 0 Å². The molecule has 3 rings (SSSR count). The Kier molecular flexibility index (Phi) is 7.24. The molecule has 0 aliphatic heterocycles. The largest absolute Gasteiger partial charge is 0.460 e. The van der Waals surface area contributed by atoms with Crippen molar-refractivity contribution in [2.24, 2.45) is 0 Å². The minimum Gasteiger partial charge on any atom is -0.204 e. The fourth-order valence-electron chi connectivity index (χ4n) is 3.97. The van der Waals surface area contributed by atoms with E-state index in [2.05, 4.69) is 0 Å². The molecule has 22 heteroatoms. The van der Waals surface area contributed by atoms with Crippen molar-refractivity contribution in [2.75, 3.05) is 0 Å². The van der Waals surface area contributed by atoms with E-state index >= 15 is 0 Å². The molecular formula is C20H2BF21. The van der Waals surface area contributed by atoms with Gasteiger partial charge in [0.25, 0.3) is 0 Å². The van der Waals surface area contributed by atoms with Crippen molar-refractivity contribution < 1.29 is 92.2 Å². The van der Waals surface area contributed by atoms with Crippen LogP contribution in [0.2, 0.25) is 0 Å². The Bertz CT molecular complexity index is 1430. The molecule has 3 aromatic rings. The van der Waals surface area contributed by atoms with Gasteiger partial charge in [0.2, 0.25) is 0 Å². The molecule has 0 heterocycles. The number of benzene rings is 3. The topological polar surface area (TPSA) is 0 Å². The van der Waals surface area contributed by atoms with Crippen LogP contribution in [0.25, 0.3) is 21.5 Å². The number of alkyl halides is 14. The van der Waals surface area contributed by atoms with E-state index in [0.717, 1.165) is 0 Å². The third-order valence-corrected chi connectivity index (χ3v) is 5.95. The average Bonchev–Trinajstić information content (AvgIpc) is 2.84. The molecule has 0 atom stereocenters. The second kappa shape index (κ2) is 9.14. The van der Waals surface area contributed by atoms with Crippen molar-refractivity contribution in [3.63, 3.8) is 0 Å². The highest BCUT2D eigenvalue weighted by atomic mass is 19.4. The fraction of sp³-hybridized carbons (Fsp3) is 0.300. The molecule has 0 unspecified atom stereocenters. The molecule has 0 N–H and O–H groups in total. The quantitative estimate of drug-likeness (QED) is 0.0888. The van der Waals surface area contributed by atoms with Gasteiger partial charge < -0.3 is 0 Å². The molecule has 3 aromatic carbocycles. The maximum atomic E-state index is 15.0. The van der Waals surface area contributed by atoms with Gasteiger partial charge in [0.15, 0.2) is 40.7 Å². The Labute approximate surface area is 216 Å². The number of halogens is 21.